The van der Waals surface area contributed by atoms with Crippen molar-refractivity contribution in [3.63, 3.8) is 0 Å². The second-order valence-corrected chi connectivity index (χ2v) is 6.98. The zero-order valence-electron chi connectivity index (χ0n) is 9.24. The van der Waals surface area contributed by atoms with Crippen LogP contribution in [0.15, 0.2) is 4.79 Å². The van der Waals surface area contributed by atoms with Gasteiger partial charge in [0.15, 0.2) is 9.84 Å². The lowest BCUT2D eigenvalue weighted by molar-refractivity contribution is 0.588. The first-order chi connectivity index (χ1) is 7.27. The molecule has 1 atom stereocenters. The average molecular weight is 356 g/mol. The first-order valence-corrected chi connectivity index (χ1v) is 7.78. The Morgan fingerprint density at radius 3 is 2.50 bits per heavy atom. The number of aromatic nitrogens is 2. The lowest BCUT2D eigenvalue weighted by atomic mass is 10.3. The standard InChI is InChI=1S/C9H13IN2O3S/c1-4-6-7(10)9(13)12-8(11-6)5(2)16(3,14)15/h5H,4H2,1-3H3,(H,11,12,13). The summed E-state index contributed by atoms with van der Waals surface area (Å²) in [6.45, 7) is 3.39. The van der Waals surface area contributed by atoms with Crippen LogP contribution in [0.2, 0.25) is 0 Å². The molecule has 1 N–H and O–H groups in total. The van der Waals surface area contributed by atoms with E-state index in [4.69, 9.17) is 0 Å². The molecule has 0 saturated carbocycles. The van der Waals surface area contributed by atoms with Gasteiger partial charge in [0.2, 0.25) is 0 Å². The fourth-order valence-corrected chi connectivity index (χ4v) is 2.31. The molecule has 16 heavy (non-hydrogen) atoms. The van der Waals surface area contributed by atoms with Crippen LogP contribution in [0, 0.1) is 3.57 Å². The lowest BCUT2D eigenvalue weighted by Crippen LogP contribution is -2.21. The maximum Gasteiger partial charge on any atom is 0.264 e. The van der Waals surface area contributed by atoms with Crippen LogP contribution < -0.4 is 5.56 Å². The van der Waals surface area contributed by atoms with Crippen LogP contribution in [0.25, 0.3) is 0 Å². The molecule has 90 valence electrons. The molecule has 0 amide bonds. The minimum atomic E-state index is -3.25. The Kier molecular flexibility index (Phi) is 4.11. The van der Waals surface area contributed by atoms with Gasteiger partial charge in [-0.3, -0.25) is 4.79 Å². The van der Waals surface area contributed by atoms with Crippen molar-refractivity contribution in [2.45, 2.75) is 25.5 Å². The summed E-state index contributed by atoms with van der Waals surface area (Å²) < 4.78 is 23.2. The van der Waals surface area contributed by atoms with E-state index in [1.54, 1.807) is 0 Å². The van der Waals surface area contributed by atoms with Gasteiger partial charge in [-0.15, -0.1) is 0 Å². The molecule has 1 rings (SSSR count). The van der Waals surface area contributed by atoms with Gasteiger partial charge in [0.25, 0.3) is 5.56 Å². The van der Waals surface area contributed by atoms with Gasteiger partial charge in [0.1, 0.15) is 11.1 Å². The predicted octanol–water partition coefficient (Wildman–Crippen LogP) is 1.04. The van der Waals surface area contributed by atoms with Crippen molar-refractivity contribution >= 4 is 32.4 Å². The van der Waals surface area contributed by atoms with Crippen molar-refractivity contribution in [3.8, 4) is 0 Å². The summed E-state index contributed by atoms with van der Waals surface area (Å²) >= 11 is 1.91. The molecule has 5 nitrogen and oxygen atoms in total. The zero-order valence-corrected chi connectivity index (χ0v) is 12.2. The third-order valence-electron chi connectivity index (χ3n) is 2.31. The van der Waals surface area contributed by atoms with Crippen molar-refractivity contribution in [3.05, 3.63) is 25.4 Å². The third kappa shape index (κ3) is 2.82. The average Bonchev–Trinajstić information content (AvgIpc) is 2.19. The molecule has 0 saturated heterocycles. The number of H-pyrrole nitrogens is 1. The van der Waals surface area contributed by atoms with Gasteiger partial charge in [-0.25, -0.2) is 13.4 Å². The van der Waals surface area contributed by atoms with Crippen LogP contribution in [-0.4, -0.2) is 24.6 Å². The van der Waals surface area contributed by atoms with E-state index in [-0.39, 0.29) is 11.4 Å². The summed E-state index contributed by atoms with van der Waals surface area (Å²) in [4.78, 5) is 18.2. The Morgan fingerprint density at radius 2 is 2.06 bits per heavy atom. The molecule has 0 fully saturated rings. The fourth-order valence-electron chi connectivity index (χ4n) is 1.15. The van der Waals surface area contributed by atoms with Crippen LogP contribution in [-0.2, 0) is 16.3 Å². The summed E-state index contributed by atoms with van der Waals surface area (Å²) in [5.74, 6) is 0.213. The van der Waals surface area contributed by atoms with Crippen LogP contribution in [0.4, 0.5) is 0 Å². The highest BCUT2D eigenvalue weighted by atomic mass is 127. The molecule has 0 aliphatic carbocycles. The van der Waals surface area contributed by atoms with E-state index < -0.39 is 15.1 Å². The Morgan fingerprint density at radius 1 is 1.50 bits per heavy atom. The van der Waals surface area contributed by atoms with E-state index in [2.05, 4.69) is 9.97 Å². The van der Waals surface area contributed by atoms with Gasteiger partial charge in [-0.1, -0.05) is 6.92 Å². The van der Waals surface area contributed by atoms with E-state index in [0.29, 0.717) is 15.7 Å². The van der Waals surface area contributed by atoms with Gasteiger partial charge in [-0.2, -0.15) is 0 Å². The predicted molar refractivity (Wildman–Crippen MR) is 70.2 cm³/mol. The second-order valence-electron chi connectivity index (χ2n) is 3.54. The number of hydrogen-bond acceptors (Lipinski definition) is 4. The van der Waals surface area contributed by atoms with Gasteiger partial charge >= 0.3 is 0 Å². The van der Waals surface area contributed by atoms with Crippen LogP contribution >= 0.6 is 22.6 Å². The summed E-state index contributed by atoms with van der Waals surface area (Å²) in [5.41, 5.74) is 0.354. The molecular formula is C9H13IN2O3S. The largest absolute Gasteiger partial charge is 0.309 e. The number of nitrogens with zero attached hydrogens (tertiary/aromatic N) is 1. The maximum atomic E-state index is 11.6. The number of nitrogens with one attached hydrogen (secondary N) is 1. The molecule has 0 aromatic carbocycles. The Labute approximate surface area is 108 Å². The maximum absolute atomic E-state index is 11.6. The summed E-state index contributed by atoms with van der Waals surface area (Å²) in [5, 5.41) is -0.789. The normalized spacial score (nSPS) is 13.8. The number of aryl methyl sites for hydroxylation is 1. The molecule has 0 bridgehead atoms. The van der Waals surface area contributed by atoms with E-state index in [9.17, 15) is 13.2 Å². The van der Waals surface area contributed by atoms with E-state index >= 15 is 0 Å². The van der Waals surface area contributed by atoms with E-state index in [0.717, 1.165) is 6.26 Å². The summed E-state index contributed by atoms with van der Waals surface area (Å²) in [6.07, 6.45) is 1.73. The monoisotopic (exact) mass is 356 g/mol. The Bertz CT molecular complexity index is 550. The molecule has 7 heteroatoms. The fraction of sp³-hybridized carbons (Fsp3) is 0.556. The number of rotatable bonds is 3. The molecule has 1 unspecified atom stereocenters. The number of hydrogen-bond donors (Lipinski definition) is 1. The van der Waals surface area contributed by atoms with Crippen LogP contribution in [0.5, 0.6) is 0 Å². The number of halogens is 1. The topological polar surface area (TPSA) is 79.9 Å². The van der Waals surface area contributed by atoms with Crippen LogP contribution in [0.3, 0.4) is 0 Å². The summed E-state index contributed by atoms with van der Waals surface area (Å²) in [6, 6.07) is 0. The van der Waals surface area contributed by atoms with Crippen molar-refractivity contribution in [1.82, 2.24) is 9.97 Å². The van der Waals surface area contributed by atoms with Gasteiger partial charge in [0.05, 0.1) is 9.26 Å². The molecule has 0 spiro atoms. The van der Waals surface area contributed by atoms with Crippen molar-refractivity contribution in [2.24, 2.45) is 0 Å². The van der Waals surface area contributed by atoms with Crippen molar-refractivity contribution in [2.75, 3.05) is 6.26 Å². The Hall–Kier alpha value is -0.440. The highest BCUT2D eigenvalue weighted by Gasteiger charge is 2.21. The van der Waals surface area contributed by atoms with Gasteiger partial charge in [0, 0.05) is 6.26 Å². The molecule has 0 radical (unpaired) electrons. The molecule has 1 aromatic heterocycles. The first-order valence-electron chi connectivity index (χ1n) is 4.74. The number of sulfone groups is 1. The lowest BCUT2D eigenvalue weighted by Gasteiger charge is -2.10. The summed E-state index contributed by atoms with van der Waals surface area (Å²) in [7, 11) is -3.25. The van der Waals surface area contributed by atoms with Gasteiger partial charge < -0.3 is 4.98 Å². The first kappa shape index (κ1) is 13.6. The highest BCUT2D eigenvalue weighted by Crippen LogP contribution is 2.17. The quantitative estimate of drug-likeness (QED) is 0.821. The molecule has 1 aromatic rings. The van der Waals surface area contributed by atoms with E-state index in [1.165, 1.54) is 6.92 Å². The molecule has 1 heterocycles. The van der Waals surface area contributed by atoms with Gasteiger partial charge in [-0.05, 0) is 35.9 Å². The van der Waals surface area contributed by atoms with Crippen LogP contribution in [0.1, 0.15) is 30.6 Å². The molecular weight excluding hydrogens is 343 g/mol. The molecule has 0 aliphatic heterocycles. The number of aromatic amines is 1. The SMILES string of the molecule is CCc1nc(C(C)S(C)(=O)=O)[nH]c(=O)c1I. The Balaban J connectivity index is 3.38. The second kappa shape index (κ2) is 4.82. The smallest absolute Gasteiger partial charge is 0.264 e. The third-order valence-corrected chi connectivity index (χ3v) is 4.93. The van der Waals surface area contributed by atoms with Crippen molar-refractivity contribution < 1.29 is 8.42 Å². The molecule has 0 aliphatic rings. The van der Waals surface area contributed by atoms with Crippen molar-refractivity contribution in [1.29, 1.82) is 0 Å². The zero-order chi connectivity index (χ0) is 12.5. The van der Waals surface area contributed by atoms with E-state index in [1.807, 2.05) is 29.5 Å². The minimum absolute atomic E-state index is 0.213. The minimum Gasteiger partial charge on any atom is -0.309 e. The highest BCUT2D eigenvalue weighted by molar-refractivity contribution is 14.1.